The first-order valence-electron chi connectivity index (χ1n) is 5.41. The topological polar surface area (TPSA) is 106 Å². The molecule has 3 N–H and O–H groups in total. The quantitative estimate of drug-likeness (QED) is 0.770. The minimum atomic E-state index is -0.934. The molecule has 5 nitrogen and oxygen atoms in total. The molecule has 0 fully saturated rings. The Bertz CT molecular complexity index is 893. The van der Waals surface area contributed by atoms with Gasteiger partial charge in [-0.3, -0.25) is 4.79 Å². The Morgan fingerprint density at radius 2 is 1.81 bits per heavy atom. The molecule has 0 aliphatic carbocycles. The number of aromatic nitrogens is 1. The molecule has 1 aromatic heterocycles. The summed E-state index contributed by atoms with van der Waals surface area (Å²) in [5.41, 5.74) is 3.63. The number of halogens is 3. The second-order valence-electron chi connectivity index (χ2n) is 3.97. The van der Waals surface area contributed by atoms with Gasteiger partial charge in [0.2, 0.25) is 0 Å². The maximum Gasteiger partial charge on any atom is 0.268 e. The number of nitrogens with zero attached hydrogens (tertiary/aromatic N) is 2. The number of anilines is 1. The van der Waals surface area contributed by atoms with Gasteiger partial charge in [0.15, 0.2) is 0 Å². The smallest absolute Gasteiger partial charge is 0.268 e. The van der Waals surface area contributed by atoms with Crippen LogP contribution >= 0.6 is 15.9 Å². The molecular weight excluding hydrogens is 346 g/mol. The number of benzene rings is 1. The first-order valence-corrected chi connectivity index (χ1v) is 6.20. The summed E-state index contributed by atoms with van der Waals surface area (Å²) in [4.78, 5) is 13.9. The molecule has 0 aliphatic rings. The van der Waals surface area contributed by atoms with Crippen molar-refractivity contribution in [2.24, 2.45) is 0 Å². The van der Waals surface area contributed by atoms with E-state index < -0.39 is 22.8 Å². The normalized spacial score (nSPS) is 9.95. The molecule has 0 atom stereocenters. The van der Waals surface area contributed by atoms with E-state index in [-0.39, 0.29) is 27.0 Å². The minimum absolute atomic E-state index is 0.140. The predicted molar refractivity (Wildman–Crippen MR) is 74.0 cm³/mol. The van der Waals surface area contributed by atoms with Gasteiger partial charge in [-0.25, -0.2) is 8.78 Å². The van der Waals surface area contributed by atoms with Gasteiger partial charge in [-0.05, 0) is 22.0 Å². The van der Waals surface area contributed by atoms with Crippen LogP contribution < -0.4 is 11.3 Å². The van der Waals surface area contributed by atoms with Gasteiger partial charge in [-0.15, -0.1) is 0 Å². The molecule has 0 aliphatic heterocycles. The van der Waals surface area contributed by atoms with Crippen LogP contribution in [0.15, 0.2) is 21.4 Å². The second kappa shape index (κ2) is 5.35. The highest BCUT2D eigenvalue weighted by atomic mass is 79.9. The Balaban J connectivity index is 3.04. The van der Waals surface area contributed by atoms with Crippen LogP contribution in [-0.4, -0.2) is 4.98 Å². The van der Waals surface area contributed by atoms with Crippen molar-refractivity contribution in [3.05, 3.63) is 49.7 Å². The van der Waals surface area contributed by atoms with Crippen LogP contribution in [-0.2, 0) is 0 Å². The Hall–Kier alpha value is -2.71. The number of nitrogen functional groups attached to an aromatic ring is 1. The summed E-state index contributed by atoms with van der Waals surface area (Å²) in [5.74, 6) is -2.14. The molecule has 1 heterocycles. The Morgan fingerprint density at radius 3 is 2.38 bits per heavy atom. The number of rotatable bonds is 1. The SMILES string of the molecule is N#Cc1c(N)[nH]c(=O)c(C#N)c1-c1cc(F)cc(F)c1Br. The summed E-state index contributed by atoms with van der Waals surface area (Å²) in [6.07, 6.45) is 0. The largest absolute Gasteiger partial charge is 0.384 e. The van der Waals surface area contributed by atoms with E-state index in [0.717, 1.165) is 6.07 Å². The average Bonchev–Trinajstić information content (AvgIpc) is 2.42. The van der Waals surface area contributed by atoms with Gasteiger partial charge < -0.3 is 10.7 Å². The van der Waals surface area contributed by atoms with E-state index in [0.29, 0.717) is 6.07 Å². The Labute approximate surface area is 125 Å². The van der Waals surface area contributed by atoms with Crippen molar-refractivity contribution in [2.45, 2.75) is 0 Å². The van der Waals surface area contributed by atoms with E-state index in [1.165, 1.54) is 0 Å². The minimum Gasteiger partial charge on any atom is -0.384 e. The third-order valence-electron chi connectivity index (χ3n) is 2.73. The summed E-state index contributed by atoms with van der Waals surface area (Å²) in [6.45, 7) is 0. The average molecular weight is 351 g/mol. The van der Waals surface area contributed by atoms with Gasteiger partial charge in [0.25, 0.3) is 5.56 Å². The molecule has 0 unspecified atom stereocenters. The molecule has 104 valence electrons. The van der Waals surface area contributed by atoms with Crippen molar-refractivity contribution in [3.8, 4) is 23.3 Å². The molecule has 8 heteroatoms. The second-order valence-corrected chi connectivity index (χ2v) is 4.76. The van der Waals surface area contributed by atoms with E-state index in [2.05, 4.69) is 20.9 Å². The van der Waals surface area contributed by atoms with Crippen molar-refractivity contribution in [1.82, 2.24) is 4.98 Å². The summed E-state index contributed by atoms with van der Waals surface area (Å²) in [6, 6.07) is 4.87. The lowest BCUT2D eigenvalue weighted by molar-refractivity contribution is 0.580. The molecule has 1 aromatic carbocycles. The lowest BCUT2D eigenvalue weighted by Gasteiger charge is -2.11. The number of H-pyrrole nitrogens is 1. The number of hydrogen-bond acceptors (Lipinski definition) is 4. The number of aromatic amines is 1. The number of nitriles is 2. The summed E-state index contributed by atoms with van der Waals surface area (Å²) < 4.78 is 26.9. The standard InChI is InChI=1S/C13H5BrF2N4O/c14-11-6(1-5(15)2-9(11)16)10-7(3-17)12(19)20-13(21)8(10)4-18/h1-2H,(H3,19,20,21). The monoisotopic (exact) mass is 350 g/mol. The third-order valence-corrected chi connectivity index (χ3v) is 3.54. The highest BCUT2D eigenvalue weighted by Crippen LogP contribution is 2.35. The lowest BCUT2D eigenvalue weighted by atomic mass is 9.96. The van der Waals surface area contributed by atoms with Crippen LogP contribution in [0.2, 0.25) is 0 Å². The summed E-state index contributed by atoms with van der Waals surface area (Å²) in [7, 11) is 0. The van der Waals surface area contributed by atoms with Gasteiger partial charge >= 0.3 is 0 Å². The van der Waals surface area contributed by atoms with Gasteiger partial charge in [-0.1, -0.05) is 0 Å². The zero-order chi connectivity index (χ0) is 15.7. The van der Waals surface area contributed by atoms with Crippen LogP contribution in [0, 0.1) is 34.3 Å². The van der Waals surface area contributed by atoms with Gasteiger partial charge in [0.1, 0.15) is 40.7 Å². The highest BCUT2D eigenvalue weighted by molar-refractivity contribution is 9.10. The van der Waals surface area contributed by atoms with E-state index in [4.69, 9.17) is 16.3 Å². The van der Waals surface area contributed by atoms with Crippen molar-refractivity contribution in [3.63, 3.8) is 0 Å². The van der Waals surface area contributed by atoms with Crippen LogP contribution in [0.4, 0.5) is 14.6 Å². The fraction of sp³-hybridized carbons (Fsp3) is 0. The number of nitrogens with one attached hydrogen (secondary N) is 1. The zero-order valence-corrected chi connectivity index (χ0v) is 11.8. The zero-order valence-electron chi connectivity index (χ0n) is 10.2. The number of hydrogen-bond donors (Lipinski definition) is 2. The highest BCUT2D eigenvalue weighted by Gasteiger charge is 2.22. The first kappa shape index (κ1) is 14.7. The van der Waals surface area contributed by atoms with Crippen LogP contribution in [0.25, 0.3) is 11.1 Å². The van der Waals surface area contributed by atoms with Crippen molar-refractivity contribution < 1.29 is 8.78 Å². The van der Waals surface area contributed by atoms with E-state index >= 15 is 0 Å². The number of nitrogens with two attached hydrogens (primary N) is 1. The molecule has 0 bridgehead atoms. The molecule has 0 spiro atoms. The van der Waals surface area contributed by atoms with Crippen molar-refractivity contribution >= 4 is 21.7 Å². The molecule has 21 heavy (non-hydrogen) atoms. The van der Waals surface area contributed by atoms with Gasteiger partial charge in [-0.2, -0.15) is 10.5 Å². The van der Waals surface area contributed by atoms with E-state index in [1.54, 1.807) is 12.1 Å². The maximum atomic E-state index is 13.6. The summed E-state index contributed by atoms with van der Waals surface area (Å²) >= 11 is 2.91. The molecule has 2 aromatic rings. The fourth-order valence-corrected chi connectivity index (χ4v) is 2.28. The Kier molecular flexibility index (Phi) is 3.74. The van der Waals surface area contributed by atoms with Crippen molar-refractivity contribution in [1.29, 1.82) is 10.5 Å². The van der Waals surface area contributed by atoms with Crippen LogP contribution in [0.1, 0.15) is 11.1 Å². The van der Waals surface area contributed by atoms with Gasteiger partial charge in [0.05, 0.1) is 4.47 Å². The third kappa shape index (κ3) is 2.37. The van der Waals surface area contributed by atoms with E-state index in [1.807, 2.05) is 0 Å². The first-order chi connectivity index (χ1) is 9.90. The van der Waals surface area contributed by atoms with Crippen LogP contribution in [0.5, 0.6) is 0 Å². The molecule has 2 rings (SSSR count). The molecule has 0 saturated heterocycles. The lowest BCUT2D eigenvalue weighted by Crippen LogP contribution is -2.16. The fourth-order valence-electron chi connectivity index (χ4n) is 1.85. The van der Waals surface area contributed by atoms with Crippen molar-refractivity contribution in [2.75, 3.05) is 5.73 Å². The molecule has 0 amide bonds. The molecule has 0 radical (unpaired) electrons. The number of pyridine rings is 1. The van der Waals surface area contributed by atoms with E-state index in [9.17, 15) is 13.6 Å². The summed E-state index contributed by atoms with van der Waals surface area (Å²) in [5, 5.41) is 18.2. The maximum absolute atomic E-state index is 13.6. The van der Waals surface area contributed by atoms with Crippen LogP contribution in [0.3, 0.4) is 0 Å². The van der Waals surface area contributed by atoms with Gasteiger partial charge in [0, 0.05) is 17.2 Å². The predicted octanol–water partition coefficient (Wildman–Crippen LogP) is 2.41. The molecule has 0 saturated carbocycles. The molecular formula is C13H5BrF2N4O. The Morgan fingerprint density at radius 1 is 1.19 bits per heavy atom.